The van der Waals surface area contributed by atoms with E-state index in [1.165, 1.54) is 18.2 Å². The van der Waals surface area contributed by atoms with Gasteiger partial charge in [0.15, 0.2) is 0 Å². The van der Waals surface area contributed by atoms with Gasteiger partial charge in [0.25, 0.3) is 15.9 Å². The molecule has 0 aromatic heterocycles. The Kier molecular flexibility index (Phi) is 3.78. The summed E-state index contributed by atoms with van der Waals surface area (Å²) in [5, 5.41) is 2.52. The van der Waals surface area contributed by atoms with E-state index in [9.17, 15) is 18.0 Å². The summed E-state index contributed by atoms with van der Waals surface area (Å²) in [6.07, 6.45) is 0. The van der Waals surface area contributed by atoms with E-state index in [4.69, 9.17) is 12.6 Å². The van der Waals surface area contributed by atoms with Gasteiger partial charge in [0.2, 0.25) is 5.91 Å². The van der Waals surface area contributed by atoms with Crippen molar-refractivity contribution in [2.45, 2.75) is 9.79 Å². The number of amides is 2. The maximum Gasteiger partial charge on any atom is 0.269 e. The van der Waals surface area contributed by atoms with Gasteiger partial charge in [-0.15, -0.1) is 0 Å². The highest BCUT2D eigenvalue weighted by molar-refractivity contribution is 7.90. The highest BCUT2D eigenvalue weighted by atomic mass is 32.2. The van der Waals surface area contributed by atoms with Crippen LogP contribution in [0.2, 0.25) is 0 Å². The van der Waals surface area contributed by atoms with E-state index in [0.29, 0.717) is 14.9 Å². The number of rotatable bonds is 3. The Morgan fingerprint density at radius 3 is 2.43 bits per heavy atom. The monoisotopic (exact) mass is 347 g/mol. The molecule has 1 aliphatic heterocycles. The summed E-state index contributed by atoms with van der Waals surface area (Å²) in [5.41, 5.74) is 0.470. The number of carbonyl (C=O) groups excluding carboxylic acids is 2. The summed E-state index contributed by atoms with van der Waals surface area (Å²) in [6.45, 7) is -0.598. The molecule has 1 N–H and O–H groups in total. The lowest BCUT2D eigenvalue weighted by molar-refractivity contribution is -0.116. The predicted molar refractivity (Wildman–Crippen MR) is 85.4 cm³/mol. The molecular formula is C15H11N2O4S2-. The summed E-state index contributed by atoms with van der Waals surface area (Å²) in [5.74, 6) is -1.34. The number of benzene rings is 2. The maximum absolute atomic E-state index is 12.4. The summed E-state index contributed by atoms with van der Waals surface area (Å²) >= 11 is 5.06. The molecule has 1 aliphatic rings. The molecule has 1 heterocycles. The van der Waals surface area contributed by atoms with Crippen LogP contribution in [0.4, 0.5) is 5.69 Å². The van der Waals surface area contributed by atoms with Crippen LogP contribution in [0.15, 0.2) is 58.3 Å². The fourth-order valence-corrected chi connectivity index (χ4v) is 4.00. The second-order valence-corrected chi connectivity index (χ2v) is 7.13. The lowest BCUT2D eigenvalue weighted by atomic mass is 10.2. The van der Waals surface area contributed by atoms with Gasteiger partial charge in [-0.2, -0.15) is 4.90 Å². The van der Waals surface area contributed by atoms with Crippen molar-refractivity contribution in [2.24, 2.45) is 0 Å². The molecule has 0 bridgehead atoms. The van der Waals surface area contributed by atoms with Gasteiger partial charge in [0.05, 0.1) is 5.56 Å². The quantitative estimate of drug-likeness (QED) is 0.848. The zero-order valence-corrected chi connectivity index (χ0v) is 13.4. The SMILES string of the molecule is O=C(CN1C(=O)c2ccccc2S1(=O)=O)Nc1ccccc1[S-]. The minimum Gasteiger partial charge on any atom is -0.778 e. The number of sulfonamides is 1. The Balaban J connectivity index is 1.83. The molecule has 8 heteroatoms. The normalized spacial score (nSPS) is 15.3. The van der Waals surface area contributed by atoms with Gasteiger partial charge in [0, 0.05) is 5.69 Å². The van der Waals surface area contributed by atoms with Gasteiger partial charge in [0.1, 0.15) is 11.4 Å². The number of carbonyl (C=O) groups is 2. The van der Waals surface area contributed by atoms with Crippen molar-refractivity contribution >= 4 is 40.2 Å². The minimum absolute atomic E-state index is 0.0731. The number of para-hydroxylation sites is 1. The van der Waals surface area contributed by atoms with Crippen molar-refractivity contribution in [1.82, 2.24) is 4.31 Å². The molecule has 118 valence electrons. The molecule has 2 aromatic rings. The van der Waals surface area contributed by atoms with E-state index in [0.717, 1.165) is 0 Å². The fraction of sp³-hybridized carbons (Fsp3) is 0.0667. The first-order chi connectivity index (χ1) is 10.9. The van der Waals surface area contributed by atoms with Crippen LogP contribution in [0, 0.1) is 0 Å². The number of anilines is 1. The first kappa shape index (κ1) is 15.4. The number of nitrogens with one attached hydrogen (secondary N) is 1. The largest absolute Gasteiger partial charge is 0.778 e. The summed E-state index contributed by atoms with van der Waals surface area (Å²) in [6, 6.07) is 12.5. The van der Waals surface area contributed by atoms with Crippen LogP contribution in [-0.2, 0) is 27.4 Å². The van der Waals surface area contributed by atoms with Gasteiger partial charge in [-0.05, 0) is 18.2 Å². The molecule has 0 saturated heterocycles. The number of fused-ring (bicyclic) bond motifs is 1. The van der Waals surface area contributed by atoms with Gasteiger partial charge >= 0.3 is 0 Å². The van der Waals surface area contributed by atoms with Crippen LogP contribution in [0.5, 0.6) is 0 Å². The topological polar surface area (TPSA) is 83.6 Å². The standard InChI is InChI=1S/C15H12N2O4S2/c18-14(16-11-6-2-3-7-12(11)22)9-17-15(19)10-5-1-4-8-13(10)23(17,20)21/h1-8,22H,9H2,(H,16,18)/p-1. The van der Waals surface area contributed by atoms with Crippen molar-refractivity contribution in [2.75, 3.05) is 11.9 Å². The highest BCUT2D eigenvalue weighted by Crippen LogP contribution is 2.29. The van der Waals surface area contributed by atoms with Crippen molar-refractivity contribution in [3.05, 3.63) is 54.1 Å². The molecule has 3 rings (SSSR count). The first-order valence-electron chi connectivity index (χ1n) is 6.63. The molecule has 0 saturated carbocycles. The average Bonchev–Trinajstić information content (AvgIpc) is 2.71. The molecule has 0 unspecified atom stereocenters. The Labute approximate surface area is 138 Å². The molecule has 2 aromatic carbocycles. The van der Waals surface area contributed by atoms with Crippen LogP contribution in [-0.4, -0.2) is 31.1 Å². The van der Waals surface area contributed by atoms with Gasteiger partial charge < -0.3 is 17.9 Å². The van der Waals surface area contributed by atoms with Crippen LogP contribution < -0.4 is 5.32 Å². The van der Waals surface area contributed by atoms with Gasteiger partial charge in [-0.1, -0.05) is 30.3 Å². The van der Waals surface area contributed by atoms with Crippen molar-refractivity contribution in [3.8, 4) is 0 Å². The fourth-order valence-electron chi connectivity index (χ4n) is 2.28. The lowest BCUT2D eigenvalue weighted by Gasteiger charge is -2.17. The van der Waals surface area contributed by atoms with E-state index < -0.39 is 28.4 Å². The second kappa shape index (κ2) is 5.64. The zero-order valence-electron chi connectivity index (χ0n) is 11.7. The third-order valence-electron chi connectivity index (χ3n) is 3.36. The highest BCUT2D eigenvalue weighted by Gasteiger charge is 2.41. The van der Waals surface area contributed by atoms with E-state index in [-0.39, 0.29) is 10.5 Å². The average molecular weight is 347 g/mol. The Morgan fingerprint density at radius 1 is 1.09 bits per heavy atom. The molecule has 6 nitrogen and oxygen atoms in total. The van der Waals surface area contributed by atoms with Crippen molar-refractivity contribution < 1.29 is 18.0 Å². The molecule has 0 aliphatic carbocycles. The van der Waals surface area contributed by atoms with Crippen LogP contribution >= 0.6 is 0 Å². The van der Waals surface area contributed by atoms with E-state index >= 15 is 0 Å². The van der Waals surface area contributed by atoms with Gasteiger partial charge in [-0.3, -0.25) is 9.59 Å². The number of hydrogen-bond donors (Lipinski definition) is 1. The summed E-state index contributed by atoms with van der Waals surface area (Å²) < 4.78 is 25.3. The van der Waals surface area contributed by atoms with E-state index in [1.54, 1.807) is 30.3 Å². The first-order valence-corrected chi connectivity index (χ1v) is 8.48. The molecule has 0 spiro atoms. The molecular weight excluding hydrogens is 336 g/mol. The number of nitrogens with zero attached hydrogens (tertiary/aromatic N) is 1. The summed E-state index contributed by atoms with van der Waals surface area (Å²) in [4.78, 5) is 24.7. The Bertz CT molecular complexity index is 909. The molecule has 2 amide bonds. The van der Waals surface area contributed by atoms with Crippen molar-refractivity contribution in [1.29, 1.82) is 0 Å². The Morgan fingerprint density at radius 2 is 1.74 bits per heavy atom. The van der Waals surface area contributed by atoms with Crippen LogP contribution in [0.25, 0.3) is 0 Å². The molecule has 0 radical (unpaired) electrons. The second-order valence-electron chi connectivity index (χ2n) is 4.86. The summed E-state index contributed by atoms with van der Waals surface area (Å²) in [7, 11) is -4.00. The third-order valence-corrected chi connectivity index (χ3v) is 5.50. The van der Waals surface area contributed by atoms with Crippen LogP contribution in [0.1, 0.15) is 10.4 Å². The van der Waals surface area contributed by atoms with Gasteiger partial charge in [-0.25, -0.2) is 12.7 Å². The lowest BCUT2D eigenvalue weighted by Crippen LogP contribution is -2.37. The zero-order chi connectivity index (χ0) is 16.6. The molecule has 0 atom stereocenters. The van der Waals surface area contributed by atoms with E-state index in [2.05, 4.69) is 5.32 Å². The molecule has 0 fully saturated rings. The molecule has 23 heavy (non-hydrogen) atoms. The number of hydrogen-bond acceptors (Lipinski definition) is 5. The minimum atomic E-state index is -4.00. The van der Waals surface area contributed by atoms with E-state index in [1.807, 2.05) is 0 Å². The maximum atomic E-state index is 12.4. The third kappa shape index (κ3) is 2.66. The van der Waals surface area contributed by atoms with Crippen molar-refractivity contribution in [3.63, 3.8) is 0 Å². The Hall–Kier alpha value is -2.45. The predicted octanol–water partition coefficient (Wildman–Crippen LogP) is 1.38. The smallest absolute Gasteiger partial charge is 0.269 e. The van der Waals surface area contributed by atoms with Crippen LogP contribution in [0.3, 0.4) is 0 Å².